The molecule has 1 aliphatic carbocycles. The number of hydrogen-bond acceptors (Lipinski definition) is 4. The topological polar surface area (TPSA) is 81.8 Å². The first-order chi connectivity index (χ1) is 8.97. The molecule has 0 spiro atoms. The number of carbonyl (C=O) groups is 1. The molecule has 0 aliphatic heterocycles. The van der Waals surface area contributed by atoms with Gasteiger partial charge < -0.3 is 20.3 Å². The van der Waals surface area contributed by atoms with Crippen molar-refractivity contribution < 1.29 is 19.4 Å². The Kier molecular flexibility index (Phi) is 3.28. The van der Waals surface area contributed by atoms with Gasteiger partial charge in [0.15, 0.2) is 0 Å². The molecule has 2 rings (SSSR count). The minimum Gasteiger partial charge on any atom is -0.497 e. The van der Waals surface area contributed by atoms with Gasteiger partial charge in [0.05, 0.1) is 19.1 Å². The first-order valence-corrected chi connectivity index (χ1v) is 6.07. The van der Waals surface area contributed by atoms with E-state index >= 15 is 0 Å². The van der Waals surface area contributed by atoms with Crippen LogP contribution in [0.15, 0.2) is 24.3 Å². The van der Waals surface area contributed by atoms with E-state index in [1.165, 1.54) is 7.11 Å². The molecule has 3 atom stereocenters. The Morgan fingerprint density at radius 1 is 1.37 bits per heavy atom. The maximum absolute atomic E-state index is 11.7. The highest BCUT2D eigenvalue weighted by molar-refractivity contribution is 5.89. The Labute approximate surface area is 112 Å². The van der Waals surface area contributed by atoms with E-state index in [1.807, 2.05) is 24.3 Å². The summed E-state index contributed by atoms with van der Waals surface area (Å²) in [5.41, 5.74) is 4.55. The molecule has 0 unspecified atom stereocenters. The lowest BCUT2D eigenvalue weighted by Gasteiger charge is -2.15. The van der Waals surface area contributed by atoms with Crippen LogP contribution in [-0.4, -0.2) is 37.4 Å². The van der Waals surface area contributed by atoms with Crippen molar-refractivity contribution in [1.82, 2.24) is 0 Å². The summed E-state index contributed by atoms with van der Waals surface area (Å²) in [4.78, 5) is 11.7. The zero-order chi connectivity index (χ0) is 14.3. The zero-order valence-corrected chi connectivity index (χ0v) is 11.3. The van der Waals surface area contributed by atoms with Crippen molar-refractivity contribution in [3.63, 3.8) is 0 Å². The van der Waals surface area contributed by atoms with Crippen molar-refractivity contribution >= 4 is 5.91 Å². The van der Waals surface area contributed by atoms with Gasteiger partial charge in [0.25, 0.3) is 0 Å². The predicted octanol–water partition coefficient (Wildman–Crippen LogP) is 0.661. The molecule has 104 valence electrons. The number of amides is 1. The number of aliphatic hydroxyl groups excluding tert-OH is 1. The fourth-order valence-corrected chi connectivity index (χ4v) is 3.06. The standard InChI is InChI=1S/C14H19NO4/c1-13(12(15)17)11(14(13,8-16)19-3)9-4-6-10(18-2)7-5-9/h4-7,11,16H,8H2,1-3H3,(H2,15,17)/t11-,13+,14+/m1/s1. The fourth-order valence-electron chi connectivity index (χ4n) is 3.06. The molecule has 1 aromatic carbocycles. The second-order valence-corrected chi connectivity index (χ2v) is 5.02. The molecule has 0 saturated heterocycles. The van der Waals surface area contributed by atoms with Crippen LogP contribution in [0.4, 0.5) is 0 Å². The van der Waals surface area contributed by atoms with E-state index < -0.39 is 16.9 Å². The largest absolute Gasteiger partial charge is 0.497 e. The molecule has 0 radical (unpaired) electrons. The Morgan fingerprint density at radius 2 is 1.95 bits per heavy atom. The first kappa shape index (κ1) is 13.8. The number of ether oxygens (including phenoxy) is 2. The lowest BCUT2D eigenvalue weighted by molar-refractivity contribution is -0.126. The highest BCUT2D eigenvalue weighted by atomic mass is 16.5. The molecule has 1 saturated carbocycles. The molecule has 0 bridgehead atoms. The summed E-state index contributed by atoms with van der Waals surface area (Å²) in [6.45, 7) is 1.48. The van der Waals surface area contributed by atoms with Crippen LogP contribution in [-0.2, 0) is 9.53 Å². The van der Waals surface area contributed by atoms with Crippen molar-refractivity contribution in [2.45, 2.75) is 18.4 Å². The molecule has 5 nitrogen and oxygen atoms in total. The number of hydrogen-bond donors (Lipinski definition) is 2. The number of benzene rings is 1. The minimum atomic E-state index is -0.937. The molecule has 0 heterocycles. The number of rotatable bonds is 5. The van der Waals surface area contributed by atoms with Gasteiger partial charge in [-0.15, -0.1) is 0 Å². The Balaban J connectivity index is 2.40. The van der Waals surface area contributed by atoms with Crippen LogP contribution in [0, 0.1) is 5.41 Å². The third-order valence-corrected chi connectivity index (χ3v) is 4.40. The average Bonchev–Trinajstić information content (AvgIpc) is 3.00. The fraction of sp³-hybridized carbons (Fsp3) is 0.500. The normalized spacial score (nSPS) is 32.9. The molecule has 1 aromatic rings. The van der Waals surface area contributed by atoms with Crippen LogP contribution in [0.2, 0.25) is 0 Å². The zero-order valence-electron chi connectivity index (χ0n) is 11.3. The van der Waals surface area contributed by atoms with Gasteiger partial charge in [0.2, 0.25) is 5.91 Å². The summed E-state index contributed by atoms with van der Waals surface area (Å²) in [5, 5.41) is 9.62. The van der Waals surface area contributed by atoms with Gasteiger partial charge in [-0.2, -0.15) is 0 Å². The molecule has 3 N–H and O–H groups in total. The second kappa shape index (κ2) is 4.51. The lowest BCUT2D eigenvalue weighted by atomic mass is 10.00. The van der Waals surface area contributed by atoms with E-state index in [-0.39, 0.29) is 12.5 Å². The van der Waals surface area contributed by atoms with Crippen molar-refractivity contribution in [3.05, 3.63) is 29.8 Å². The van der Waals surface area contributed by atoms with Gasteiger partial charge in [0.1, 0.15) is 11.4 Å². The van der Waals surface area contributed by atoms with Crippen molar-refractivity contribution in [1.29, 1.82) is 0 Å². The van der Waals surface area contributed by atoms with E-state index in [0.717, 1.165) is 11.3 Å². The highest BCUT2D eigenvalue weighted by Crippen LogP contribution is 2.69. The second-order valence-electron chi connectivity index (χ2n) is 5.02. The average molecular weight is 265 g/mol. The smallest absolute Gasteiger partial charge is 0.227 e. The third-order valence-electron chi connectivity index (χ3n) is 4.40. The van der Waals surface area contributed by atoms with Gasteiger partial charge in [-0.05, 0) is 24.6 Å². The monoisotopic (exact) mass is 265 g/mol. The first-order valence-electron chi connectivity index (χ1n) is 6.07. The van der Waals surface area contributed by atoms with Crippen molar-refractivity contribution in [3.8, 4) is 5.75 Å². The van der Waals surface area contributed by atoms with E-state index in [0.29, 0.717) is 0 Å². The number of carbonyl (C=O) groups excluding carboxylic acids is 1. The van der Waals surface area contributed by atoms with Crippen molar-refractivity contribution in [2.24, 2.45) is 11.1 Å². The highest BCUT2D eigenvalue weighted by Gasteiger charge is 2.78. The third kappa shape index (κ3) is 1.65. The molecule has 1 aliphatic rings. The number of primary amides is 1. The molecule has 5 heteroatoms. The SMILES string of the molecule is COc1ccc([C@H]2[C@](CO)(OC)[C@]2(C)C(N)=O)cc1. The summed E-state index contributed by atoms with van der Waals surface area (Å²) in [6.07, 6.45) is 0. The van der Waals surface area contributed by atoms with Gasteiger partial charge in [-0.3, -0.25) is 4.79 Å². The predicted molar refractivity (Wildman–Crippen MR) is 69.9 cm³/mol. The Hall–Kier alpha value is -1.59. The van der Waals surface area contributed by atoms with Gasteiger partial charge >= 0.3 is 0 Å². The van der Waals surface area contributed by atoms with Crippen LogP contribution < -0.4 is 10.5 Å². The van der Waals surface area contributed by atoms with Crippen LogP contribution >= 0.6 is 0 Å². The van der Waals surface area contributed by atoms with Gasteiger partial charge in [-0.25, -0.2) is 0 Å². The van der Waals surface area contributed by atoms with E-state index in [2.05, 4.69) is 0 Å². The molecule has 0 aromatic heterocycles. The number of methoxy groups -OCH3 is 2. The van der Waals surface area contributed by atoms with E-state index in [9.17, 15) is 9.90 Å². The van der Waals surface area contributed by atoms with Gasteiger partial charge in [0, 0.05) is 13.0 Å². The number of aliphatic hydroxyl groups is 1. The van der Waals surface area contributed by atoms with Crippen LogP contribution in [0.25, 0.3) is 0 Å². The summed E-state index contributed by atoms with van der Waals surface area (Å²) < 4.78 is 10.5. The lowest BCUT2D eigenvalue weighted by Crippen LogP contribution is -2.34. The summed E-state index contributed by atoms with van der Waals surface area (Å²) >= 11 is 0. The Morgan fingerprint density at radius 3 is 2.26 bits per heavy atom. The molecule has 19 heavy (non-hydrogen) atoms. The Bertz CT molecular complexity index is 481. The molecular weight excluding hydrogens is 246 g/mol. The summed E-state index contributed by atoms with van der Waals surface area (Å²) in [6, 6.07) is 7.35. The van der Waals surface area contributed by atoms with E-state index in [1.54, 1.807) is 14.0 Å². The molecule has 1 amide bonds. The minimum absolute atomic E-state index is 0.250. The van der Waals surface area contributed by atoms with E-state index in [4.69, 9.17) is 15.2 Å². The molecular formula is C14H19NO4. The number of nitrogens with two attached hydrogens (primary N) is 1. The van der Waals surface area contributed by atoms with Crippen LogP contribution in [0.1, 0.15) is 18.4 Å². The maximum atomic E-state index is 11.7. The van der Waals surface area contributed by atoms with Crippen molar-refractivity contribution in [2.75, 3.05) is 20.8 Å². The summed E-state index contributed by atoms with van der Waals surface area (Å²) in [5.74, 6) is 0.0137. The molecule has 1 fully saturated rings. The maximum Gasteiger partial charge on any atom is 0.227 e. The summed E-state index contributed by atoms with van der Waals surface area (Å²) in [7, 11) is 3.08. The van der Waals surface area contributed by atoms with Gasteiger partial charge in [-0.1, -0.05) is 12.1 Å². The van der Waals surface area contributed by atoms with Crippen LogP contribution in [0.5, 0.6) is 5.75 Å². The van der Waals surface area contributed by atoms with Crippen LogP contribution in [0.3, 0.4) is 0 Å². The quantitative estimate of drug-likeness (QED) is 0.819.